The van der Waals surface area contributed by atoms with E-state index >= 15 is 0 Å². The number of nitrogens with two attached hydrogens (primary N) is 1. The van der Waals surface area contributed by atoms with Crippen molar-refractivity contribution in [3.8, 4) is 0 Å². The molecule has 0 spiro atoms. The summed E-state index contributed by atoms with van der Waals surface area (Å²) in [5.41, 5.74) is 9.21. The van der Waals surface area contributed by atoms with Gasteiger partial charge in [-0.25, -0.2) is 9.97 Å². The molecule has 0 unspecified atom stereocenters. The maximum Gasteiger partial charge on any atom is 0.253 e. The van der Waals surface area contributed by atoms with Crippen molar-refractivity contribution in [1.82, 2.24) is 19.4 Å². The number of rotatable bonds is 1. The first-order chi connectivity index (χ1) is 12.0. The number of piperidine rings is 1. The van der Waals surface area contributed by atoms with Crippen LogP contribution in [0.4, 0.5) is 5.95 Å². The minimum absolute atomic E-state index is 0.0888. The second kappa shape index (κ2) is 5.98. The van der Waals surface area contributed by atoms with Crippen LogP contribution < -0.4 is 11.3 Å². The van der Waals surface area contributed by atoms with E-state index in [0.29, 0.717) is 23.7 Å². The lowest BCUT2D eigenvalue weighted by molar-refractivity contribution is 0.177. The summed E-state index contributed by atoms with van der Waals surface area (Å²) in [6.07, 6.45) is 1.09. The van der Waals surface area contributed by atoms with Gasteiger partial charge in [0, 0.05) is 48.7 Å². The lowest BCUT2D eigenvalue weighted by Crippen LogP contribution is -2.51. The summed E-state index contributed by atoms with van der Waals surface area (Å²) in [6, 6.07) is 7.44. The SMILES string of the molecule is Cc1cc(C)nc(N=C(N)N2C[C@@H]3C[C@H](C2)c2cccc(=O)n2C3)n1. The van der Waals surface area contributed by atoms with Crippen molar-refractivity contribution >= 4 is 11.9 Å². The predicted octanol–water partition coefficient (Wildman–Crippen LogP) is 1.32. The number of likely N-dealkylation sites (tertiary alicyclic amines) is 1. The fourth-order valence-corrected chi connectivity index (χ4v) is 4.01. The lowest BCUT2D eigenvalue weighted by Gasteiger charge is -2.43. The van der Waals surface area contributed by atoms with Crippen LogP contribution >= 0.6 is 0 Å². The van der Waals surface area contributed by atoms with Crippen LogP contribution in [0.15, 0.2) is 34.1 Å². The van der Waals surface area contributed by atoms with E-state index in [1.807, 2.05) is 36.6 Å². The quantitative estimate of drug-likeness (QED) is 0.626. The number of aliphatic imine (C=N–C) groups is 1. The number of pyridine rings is 1. The van der Waals surface area contributed by atoms with Gasteiger partial charge in [0.15, 0.2) is 5.96 Å². The molecule has 7 heteroatoms. The van der Waals surface area contributed by atoms with Crippen LogP contribution in [0.25, 0.3) is 0 Å². The number of fused-ring (bicyclic) bond motifs is 4. The Balaban J connectivity index is 1.61. The van der Waals surface area contributed by atoms with Crippen molar-refractivity contribution in [3.05, 3.63) is 51.7 Å². The van der Waals surface area contributed by atoms with E-state index in [2.05, 4.69) is 19.9 Å². The highest BCUT2D eigenvalue weighted by atomic mass is 16.1. The third-order valence-electron chi connectivity index (χ3n) is 4.99. The molecule has 25 heavy (non-hydrogen) atoms. The molecule has 0 aromatic carbocycles. The van der Waals surface area contributed by atoms with E-state index in [1.54, 1.807) is 6.07 Å². The number of aryl methyl sites for hydroxylation is 2. The number of guanidine groups is 1. The van der Waals surface area contributed by atoms with Gasteiger partial charge in [0.1, 0.15) is 0 Å². The van der Waals surface area contributed by atoms with Gasteiger partial charge in [-0.2, -0.15) is 4.99 Å². The number of nitrogens with zero attached hydrogens (tertiary/aromatic N) is 5. The Kier molecular flexibility index (Phi) is 3.78. The molecule has 2 aromatic heterocycles. The molecule has 2 N–H and O–H groups in total. The molecule has 4 rings (SSSR count). The van der Waals surface area contributed by atoms with E-state index < -0.39 is 0 Å². The van der Waals surface area contributed by atoms with Crippen molar-refractivity contribution in [1.29, 1.82) is 0 Å². The monoisotopic (exact) mass is 338 g/mol. The molecule has 2 bridgehead atoms. The summed E-state index contributed by atoms with van der Waals surface area (Å²) >= 11 is 0. The van der Waals surface area contributed by atoms with Gasteiger partial charge in [0.25, 0.3) is 11.5 Å². The summed E-state index contributed by atoms with van der Waals surface area (Å²) in [4.78, 5) is 27.3. The average Bonchev–Trinajstić information content (AvgIpc) is 2.55. The van der Waals surface area contributed by atoms with Crippen molar-refractivity contribution in [2.24, 2.45) is 16.6 Å². The van der Waals surface area contributed by atoms with Crippen LogP contribution in [0.2, 0.25) is 0 Å². The zero-order valence-electron chi connectivity index (χ0n) is 14.5. The van der Waals surface area contributed by atoms with E-state index in [9.17, 15) is 4.79 Å². The second-order valence-electron chi connectivity index (χ2n) is 7.02. The zero-order valence-corrected chi connectivity index (χ0v) is 14.5. The Hall–Kier alpha value is -2.70. The van der Waals surface area contributed by atoms with Crippen molar-refractivity contribution < 1.29 is 0 Å². The molecule has 2 aliphatic rings. The van der Waals surface area contributed by atoms with Crippen LogP contribution in [0.3, 0.4) is 0 Å². The third kappa shape index (κ3) is 3.01. The highest BCUT2D eigenvalue weighted by Crippen LogP contribution is 2.34. The maximum absolute atomic E-state index is 12.1. The Labute approximate surface area is 146 Å². The summed E-state index contributed by atoms with van der Waals surface area (Å²) in [6.45, 7) is 6.15. The Morgan fingerprint density at radius 2 is 1.96 bits per heavy atom. The summed E-state index contributed by atoms with van der Waals surface area (Å²) in [5.74, 6) is 1.56. The molecule has 0 aliphatic carbocycles. The minimum atomic E-state index is 0.0888. The van der Waals surface area contributed by atoms with Gasteiger partial charge >= 0.3 is 0 Å². The van der Waals surface area contributed by atoms with E-state index in [-0.39, 0.29) is 5.56 Å². The summed E-state index contributed by atoms with van der Waals surface area (Å²) in [7, 11) is 0. The van der Waals surface area contributed by atoms with Crippen LogP contribution in [0.1, 0.15) is 29.4 Å². The molecule has 2 atom stereocenters. The van der Waals surface area contributed by atoms with Gasteiger partial charge in [-0.1, -0.05) is 6.07 Å². The first kappa shape index (κ1) is 15.8. The van der Waals surface area contributed by atoms with Crippen LogP contribution in [-0.2, 0) is 6.54 Å². The topological polar surface area (TPSA) is 89.4 Å². The largest absolute Gasteiger partial charge is 0.369 e. The fourth-order valence-electron chi connectivity index (χ4n) is 4.01. The first-order valence-electron chi connectivity index (χ1n) is 8.61. The predicted molar refractivity (Wildman–Crippen MR) is 95.9 cm³/mol. The van der Waals surface area contributed by atoms with Gasteiger partial charge < -0.3 is 15.2 Å². The molecule has 4 heterocycles. The smallest absolute Gasteiger partial charge is 0.253 e. The highest BCUT2D eigenvalue weighted by molar-refractivity contribution is 5.80. The van der Waals surface area contributed by atoms with Crippen LogP contribution in [-0.4, -0.2) is 38.5 Å². The molecule has 0 saturated carbocycles. The highest BCUT2D eigenvalue weighted by Gasteiger charge is 2.35. The number of hydrogen-bond donors (Lipinski definition) is 1. The summed E-state index contributed by atoms with van der Waals surface area (Å²) < 4.78 is 1.91. The van der Waals surface area contributed by atoms with Crippen molar-refractivity contribution in [2.75, 3.05) is 13.1 Å². The van der Waals surface area contributed by atoms with Crippen LogP contribution in [0, 0.1) is 19.8 Å². The maximum atomic E-state index is 12.1. The molecule has 130 valence electrons. The van der Waals surface area contributed by atoms with Gasteiger partial charge in [0.2, 0.25) is 0 Å². The number of aromatic nitrogens is 3. The Morgan fingerprint density at radius 1 is 1.20 bits per heavy atom. The summed E-state index contributed by atoms with van der Waals surface area (Å²) in [5, 5.41) is 0. The van der Waals surface area contributed by atoms with Gasteiger partial charge in [-0.3, -0.25) is 4.79 Å². The molecule has 2 aromatic rings. The molecule has 0 radical (unpaired) electrons. The molecule has 0 amide bonds. The Morgan fingerprint density at radius 3 is 2.72 bits per heavy atom. The van der Waals surface area contributed by atoms with Crippen LogP contribution in [0.5, 0.6) is 0 Å². The first-order valence-corrected chi connectivity index (χ1v) is 8.61. The van der Waals surface area contributed by atoms with Crippen molar-refractivity contribution in [2.45, 2.75) is 32.7 Å². The molecule has 1 fully saturated rings. The average molecular weight is 338 g/mol. The van der Waals surface area contributed by atoms with Gasteiger partial charge in [-0.15, -0.1) is 0 Å². The fraction of sp³-hybridized carbons (Fsp3) is 0.444. The standard InChI is InChI=1S/C18H22N6O/c1-11-6-12(2)21-18(20-11)22-17(19)23-8-13-7-14(10-23)15-4-3-5-16(25)24(15)9-13/h3-6,13-14H,7-10H2,1-2H3,(H2,19,20,21,22)/t13-,14+/m0/s1. The van der Waals surface area contributed by atoms with Gasteiger partial charge in [0.05, 0.1) is 0 Å². The molecular weight excluding hydrogens is 316 g/mol. The van der Waals surface area contributed by atoms with Crippen molar-refractivity contribution in [3.63, 3.8) is 0 Å². The third-order valence-corrected chi connectivity index (χ3v) is 4.99. The molecule has 1 saturated heterocycles. The molecule has 2 aliphatic heterocycles. The lowest BCUT2D eigenvalue weighted by atomic mass is 9.83. The minimum Gasteiger partial charge on any atom is -0.369 e. The molecular formula is C18H22N6O. The van der Waals surface area contributed by atoms with E-state index in [0.717, 1.165) is 43.1 Å². The Bertz CT molecular complexity index is 882. The van der Waals surface area contributed by atoms with Gasteiger partial charge in [-0.05, 0) is 38.3 Å². The zero-order chi connectivity index (χ0) is 17.6. The number of hydrogen-bond acceptors (Lipinski definition) is 4. The normalized spacial score (nSPS) is 22.6. The second-order valence-corrected chi connectivity index (χ2v) is 7.02. The van der Waals surface area contributed by atoms with E-state index in [1.165, 1.54) is 0 Å². The molecule has 7 nitrogen and oxygen atoms in total. The van der Waals surface area contributed by atoms with E-state index in [4.69, 9.17) is 5.73 Å².